The molecule has 0 unspecified atom stereocenters. The van der Waals surface area contributed by atoms with Crippen LogP contribution in [0.3, 0.4) is 0 Å². The average Bonchev–Trinajstić information content (AvgIpc) is 3.36. The summed E-state index contributed by atoms with van der Waals surface area (Å²) in [5.41, 5.74) is 5.53. The third-order valence-corrected chi connectivity index (χ3v) is 6.32. The fourth-order valence-electron chi connectivity index (χ4n) is 4.34. The Morgan fingerprint density at radius 2 is 1.76 bits per heavy atom. The average molecular weight is 483 g/mol. The standard InChI is InChI=1S/C30H22N6O/c1-35-20-33-17-26(35)19-36(18-22-9-7-21(15-31)8-10-22)30(37)24-11-12-25(16-32)28(14-24)27-6-2-4-23-5-3-13-34-29(23)27/h2-14,17,20H,18-19H2,1H3. The number of carbonyl (C=O) groups excluding carboxylic acids is 1. The first-order valence-electron chi connectivity index (χ1n) is 11.7. The van der Waals surface area contributed by atoms with Crippen LogP contribution in [-0.2, 0) is 20.1 Å². The fraction of sp³-hybridized carbons (Fsp3) is 0.100. The largest absolute Gasteiger partial charge is 0.336 e. The van der Waals surface area contributed by atoms with E-state index in [2.05, 4.69) is 22.1 Å². The summed E-state index contributed by atoms with van der Waals surface area (Å²) in [6.45, 7) is 0.696. The van der Waals surface area contributed by atoms with Crippen LogP contribution in [0, 0.1) is 22.7 Å². The number of para-hydroxylation sites is 1. The number of pyridine rings is 1. The number of fused-ring (bicyclic) bond motifs is 1. The Morgan fingerprint density at radius 1 is 0.946 bits per heavy atom. The van der Waals surface area contributed by atoms with Crippen LogP contribution in [0.4, 0.5) is 0 Å². The quantitative estimate of drug-likeness (QED) is 0.330. The van der Waals surface area contributed by atoms with Gasteiger partial charge in [-0.2, -0.15) is 10.5 Å². The van der Waals surface area contributed by atoms with Crippen LogP contribution >= 0.6 is 0 Å². The number of nitrogens with zero attached hydrogens (tertiary/aromatic N) is 6. The summed E-state index contributed by atoms with van der Waals surface area (Å²) < 4.78 is 1.88. The number of carbonyl (C=O) groups is 1. The van der Waals surface area contributed by atoms with Crippen molar-refractivity contribution in [2.24, 2.45) is 7.05 Å². The van der Waals surface area contributed by atoms with Gasteiger partial charge in [0.25, 0.3) is 5.91 Å². The van der Waals surface area contributed by atoms with E-state index < -0.39 is 0 Å². The lowest BCUT2D eigenvalue weighted by atomic mass is 9.95. The molecule has 1 amide bonds. The Kier molecular flexibility index (Phi) is 6.44. The van der Waals surface area contributed by atoms with E-state index in [1.165, 1.54) is 0 Å². The summed E-state index contributed by atoms with van der Waals surface area (Å²) in [7, 11) is 1.89. The van der Waals surface area contributed by atoms with Crippen molar-refractivity contribution in [3.63, 3.8) is 0 Å². The molecule has 0 fully saturated rings. The molecule has 0 bridgehead atoms. The Labute approximate surface area is 214 Å². The van der Waals surface area contributed by atoms with E-state index in [0.717, 1.165) is 27.7 Å². The van der Waals surface area contributed by atoms with E-state index in [4.69, 9.17) is 5.26 Å². The predicted molar refractivity (Wildman–Crippen MR) is 140 cm³/mol. The number of imidazole rings is 1. The first kappa shape index (κ1) is 23.5. The van der Waals surface area contributed by atoms with Gasteiger partial charge >= 0.3 is 0 Å². The third-order valence-electron chi connectivity index (χ3n) is 6.32. The van der Waals surface area contributed by atoms with Gasteiger partial charge < -0.3 is 9.47 Å². The zero-order valence-electron chi connectivity index (χ0n) is 20.2. The number of benzene rings is 3. The third kappa shape index (κ3) is 4.80. The first-order chi connectivity index (χ1) is 18.1. The molecule has 7 heteroatoms. The van der Waals surface area contributed by atoms with Gasteiger partial charge in [-0.25, -0.2) is 4.98 Å². The van der Waals surface area contributed by atoms with Crippen LogP contribution in [0.2, 0.25) is 0 Å². The highest BCUT2D eigenvalue weighted by Crippen LogP contribution is 2.31. The number of rotatable bonds is 6. The molecule has 0 radical (unpaired) electrons. The smallest absolute Gasteiger partial charge is 0.254 e. The van der Waals surface area contributed by atoms with Gasteiger partial charge in [-0.1, -0.05) is 36.4 Å². The van der Waals surface area contributed by atoms with Crippen LogP contribution in [-0.4, -0.2) is 25.3 Å². The molecule has 3 aromatic carbocycles. The zero-order valence-corrected chi connectivity index (χ0v) is 20.2. The number of aromatic nitrogens is 3. The molecule has 0 saturated carbocycles. The molecule has 37 heavy (non-hydrogen) atoms. The number of nitriles is 2. The van der Waals surface area contributed by atoms with Crippen molar-refractivity contribution < 1.29 is 4.79 Å². The molecule has 5 aromatic rings. The van der Waals surface area contributed by atoms with Crippen molar-refractivity contribution in [3.8, 4) is 23.3 Å². The van der Waals surface area contributed by atoms with Gasteiger partial charge in [-0.05, 0) is 42.0 Å². The lowest BCUT2D eigenvalue weighted by molar-refractivity contribution is 0.0726. The Balaban J connectivity index is 1.56. The molecule has 2 aromatic heterocycles. The highest BCUT2D eigenvalue weighted by atomic mass is 16.2. The molecule has 0 spiro atoms. The highest BCUT2D eigenvalue weighted by molar-refractivity contribution is 5.99. The molecule has 0 aliphatic carbocycles. The van der Waals surface area contributed by atoms with Crippen LogP contribution < -0.4 is 0 Å². The lowest BCUT2D eigenvalue weighted by Crippen LogP contribution is -2.31. The van der Waals surface area contributed by atoms with Gasteiger partial charge in [-0.15, -0.1) is 0 Å². The number of amides is 1. The molecule has 0 N–H and O–H groups in total. The molecule has 7 nitrogen and oxygen atoms in total. The van der Waals surface area contributed by atoms with Crippen molar-refractivity contribution in [3.05, 3.63) is 119 Å². The second-order valence-electron chi connectivity index (χ2n) is 8.72. The minimum Gasteiger partial charge on any atom is -0.336 e. The summed E-state index contributed by atoms with van der Waals surface area (Å²) in [6, 6.07) is 26.4. The van der Waals surface area contributed by atoms with E-state index in [0.29, 0.717) is 35.3 Å². The molecule has 0 aliphatic rings. The maximum absolute atomic E-state index is 13.9. The van der Waals surface area contributed by atoms with E-state index in [9.17, 15) is 10.1 Å². The fourth-order valence-corrected chi connectivity index (χ4v) is 4.34. The Morgan fingerprint density at radius 3 is 2.49 bits per heavy atom. The van der Waals surface area contributed by atoms with Crippen LogP contribution in [0.25, 0.3) is 22.0 Å². The van der Waals surface area contributed by atoms with Crippen molar-refractivity contribution >= 4 is 16.8 Å². The van der Waals surface area contributed by atoms with Gasteiger partial charge in [-0.3, -0.25) is 9.78 Å². The maximum atomic E-state index is 13.9. The number of hydrogen-bond acceptors (Lipinski definition) is 5. The van der Waals surface area contributed by atoms with Gasteiger partial charge in [0, 0.05) is 48.1 Å². The SMILES string of the molecule is Cn1cncc1CN(Cc1ccc(C#N)cc1)C(=O)c1ccc(C#N)c(-c2cccc3cccnc23)c1. The second-order valence-corrected chi connectivity index (χ2v) is 8.72. The van der Waals surface area contributed by atoms with Crippen LogP contribution in [0.1, 0.15) is 32.7 Å². The van der Waals surface area contributed by atoms with E-state index >= 15 is 0 Å². The highest BCUT2D eigenvalue weighted by Gasteiger charge is 2.20. The topological polar surface area (TPSA) is 98.6 Å². The predicted octanol–water partition coefficient (Wildman–Crippen LogP) is 5.22. The number of aryl methyl sites for hydroxylation is 1. The molecule has 5 rings (SSSR count). The molecule has 0 atom stereocenters. The summed E-state index contributed by atoms with van der Waals surface area (Å²) in [5, 5.41) is 19.9. The molecule has 2 heterocycles. The van der Waals surface area contributed by atoms with Gasteiger partial charge in [0.15, 0.2) is 0 Å². The Bertz CT molecular complexity index is 1680. The Hall–Kier alpha value is -5.27. The van der Waals surface area contributed by atoms with Crippen molar-refractivity contribution in [2.45, 2.75) is 13.1 Å². The van der Waals surface area contributed by atoms with E-state index in [1.54, 1.807) is 54.0 Å². The first-order valence-corrected chi connectivity index (χ1v) is 11.7. The summed E-state index contributed by atoms with van der Waals surface area (Å²) in [4.78, 5) is 24.4. The van der Waals surface area contributed by atoms with E-state index in [1.807, 2.05) is 54.1 Å². The lowest BCUT2D eigenvalue weighted by Gasteiger charge is -2.24. The minimum absolute atomic E-state index is 0.176. The summed E-state index contributed by atoms with van der Waals surface area (Å²) >= 11 is 0. The van der Waals surface area contributed by atoms with Crippen molar-refractivity contribution in [1.29, 1.82) is 10.5 Å². The molecule has 0 aliphatic heterocycles. The molecule has 0 saturated heterocycles. The minimum atomic E-state index is -0.176. The normalized spacial score (nSPS) is 10.6. The summed E-state index contributed by atoms with van der Waals surface area (Å²) in [6.07, 6.45) is 5.16. The number of hydrogen-bond donors (Lipinski definition) is 0. The van der Waals surface area contributed by atoms with Crippen LogP contribution in [0.5, 0.6) is 0 Å². The molecule has 178 valence electrons. The van der Waals surface area contributed by atoms with Gasteiger partial charge in [0.2, 0.25) is 0 Å². The monoisotopic (exact) mass is 482 g/mol. The second kappa shape index (κ2) is 10.2. The summed E-state index contributed by atoms with van der Waals surface area (Å²) in [5.74, 6) is -0.176. The van der Waals surface area contributed by atoms with Crippen molar-refractivity contribution in [1.82, 2.24) is 19.4 Å². The van der Waals surface area contributed by atoms with E-state index in [-0.39, 0.29) is 5.91 Å². The molecular weight excluding hydrogens is 460 g/mol. The van der Waals surface area contributed by atoms with Gasteiger partial charge in [0.1, 0.15) is 0 Å². The van der Waals surface area contributed by atoms with Gasteiger partial charge in [0.05, 0.1) is 47.3 Å². The maximum Gasteiger partial charge on any atom is 0.254 e. The molecular formula is C30H22N6O. The van der Waals surface area contributed by atoms with Crippen LogP contribution in [0.15, 0.2) is 91.5 Å². The van der Waals surface area contributed by atoms with Crippen molar-refractivity contribution in [2.75, 3.05) is 0 Å². The zero-order chi connectivity index (χ0) is 25.8.